The molecule has 1 aromatic rings. The second kappa shape index (κ2) is 13.5. The number of nitrogens with one attached hydrogen (secondary N) is 2. The largest absolute Gasteiger partial charge is 0.388 e. The molecule has 0 unspecified atom stereocenters. The number of hydrogen-bond acceptors (Lipinski definition) is 9. The number of carbonyl (C=O) groups excluding carboxylic acids is 4. The number of carbonyl (C=O) groups is 4. The molecule has 5 fully saturated rings. The highest BCUT2D eigenvalue weighted by Crippen LogP contribution is 2.28. The molecule has 5 aliphatic rings. The van der Waals surface area contributed by atoms with Crippen LogP contribution in [0.3, 0.4) is 0 Å². The Balaban J connectivity index is 1.28. The number of rotatable bonds is 3. The van der Waals surface area contributed by atoms with Gasteiger partial charge in [-0.1, -0.05) is 17.7 Å². The summed E-state index contributed by atoms with van der Waals surface area (Å²) in [5, 5.41) is 26.9. The molecule has 246 valence electrons. The van der Waals surface area contributed by atoms with E-state index in [0.29, 0.717) is 31.6 Å². The molecule has 1 aromatic carbocycles. The fraction of sp³-hybridized carbons (Fsp3) is 0.667. The summed E-state index contributed by atoms with van der Waals surface area (Å²) in [5.41, 5.74) is 0.596. The van der Waals surface area contributed by atoms with Crippen LogP contribution in [0.4, 0.5) is 4.39 Å². The van der Waals surface area contributed by atoms with Crippen LogP contribution in [-0.4, -0.2) is 137 Å². The van der Waals surface area contributed by atoms with Gasteiger partial charge < -0.3 is 40.1 Å². The number of aliphatic hydroxyl groups excluding tert-OH is 2. The average molecular weight is 652 g/mol. The third-order valence-electron chi connectivity index (χ3n) is 9.60. The summed E-state index contributed by atoms with van der Waals surface area (Å²) < 4.78 is 25.5. The molecule has 15 heteroatoms. The summed E-state index contributed by atoms with van der Waals surface area (Å²) in [7, 11) is 0. The summed E-state index contributed by atoms with van der Waals surface area (Å²) in [6.07, 6.45) is -3.54. The van der Waals surface area contributed by atoms with Gasteiger partial charge in [0.25, 0.3) is 0 Å². The molecule has 5 saturated heterocycles. The first-order valence-corrected chi connectivity index (χ1v) is 15.9. The number of fused-ring (bicyclic) bond motifs is 6. The second-order valence-electron chi connectivity index (χ2n) is 12.6. The van der Waals surface area contributed by atoms with Crippen LogP contribution in [0.15, 0.2) is 18.2 Å². The molecule has 0 aromatic heterocycles. The van der Waals surface area contributed by atoms with Crippen molar-refractivity contribution in [2.24, 2.45) is 5.92 Å². The number of hydrogen-bond donors (Lipinski definition) is 4. The van der Waals surface area contributed by atoms with Gasteiger partial charge in [-0.2, -0.15) is 0 Å². The number of nitrogens with zero attached hydrogens (tertiary/aromatic N) is 3. The van der Waals surface area contributed by atoms with Crippen LogP contribution < -0.4 is 10.6 Å². The summed E-state index contributed by atoms with van der Waals surface area (Å²) in [6, 6.07) is 2.32. The number of ether oxygens (including phenoxy) is 2. The molecule has 4 N–H and O–H groups in total. The SMILES string of the molecule is O=C1C[C@@H]2O[C@H](CNC(=O)[C@@H]3CN(CCN3C(=O)C3CCOCC3)C(=O)[C@@H]3C[C@@H](CN3Cc3ccc(Cl)c(F)c3)N1)[C@@H](O)[C@H]2O. The van der Waals surface area contributed by atoms with Crippen molar-refractivity contribution >= 4 is 35.2 Å². The molecule has 0 saturated carbocycles. The van der Waals surface area contributed by atoms with E-state index in [4.69, 9.17) is 21.1 Å². The normalized spacial score (nSPS) is 33.7. The molecule has 4 amide bonds. The van der Waals surface area contributed by atoms with Gasteiger partial charge in [-0.3, -0.25) is 24.1 Å². The van der Waals surface area contributed by atoms with Crippen LogP contribution in [-0.2, 0) is 35.2 Å². The van der Waals surface area contributed by atoms with E-state index in [2.05, 4.69) is 10.6 Å². The van der Waals surface area contributed by atoms with Gasteiger partial charge >= 0.3 is 0 Å². The van der Waals surface area contributed by atoms with Gasteiger partial charge in [-0.05, 0) is 37.0 Å². The molecule has 0 radical (unpaired) electrons. The predicted octanol–water partition coefficient (Wildman–Crippen LogP) is -0.987. The number of benzene rings is 1. The second-order valence-corrected chi connectivity index (χ2v) is 13.0. The van der Waals surface area contributed by atoms with E-state index in [1.165, 1.54) is 17.0 Å². The summed E-state index contributed by atoms with van der Waals surface area (Å²) in [5.74, 6) is -2.22. The van der Waals surface area contributed by atoms with Gasteiger partial charge in [0.1, 0.15) is 30.2 Å². The number of halogens is 2. The van der Waals surface area contributed by atoms with Crippen LogP contribution in [0.1, 0.15) is 31.2 Å². The smallest absolute Gasteiger partial charge is 0.244 e. The van der Waals surface area contributed by atoms with Gasteiger partial charge in [0.2, 0.25) is 23.6 Å². The molecular formula is C30H39ClFN5O8. The highest BCUT2D eigenvalue weighted by Gasteiger charge is 2.47. The maximum absolute atomic E-state index is 14.3. The zero-order valence-corrected chi connectivity index (χ0v) is 25.5. The zero-order chi connectivity index (χ0) is 31.8. The predicted molar refractivity (Wildman–Crippen MR) is 156 cm³/mol. The van der Waals surface area contributed by atoms with Crippen molar-refractivity contribution < 1.29 is 43.3 Å². The van der Waals surface area contributed by atoms with Gasteiger partial charge in [0.15, 0.2) is 0 Å². The summed E-state index contributed by atoms with van der Waals surface area (Å²) >= 11 is 5.88. The van der Waals surface area contributed by atoms with Crippen molar-refractivity contribution in [3.63, 3.8) is 0 Å². The van der Waals surface area contributed by atoms with Crippen molar-refractivity contribution in [1.29, 1.82) is 0 Å². The van der Waals surface area contributed by atoms with E-state index in [9.17, 15) is 33.8 Å². The Morgan fingerprint density at radius 3 is 2.56 bits per heavy atom. The fourth-order valence-electron chi connectivity index (χ4n) is 7.12. The number of amides is 4. The number of likely N-dealkylation sites (tertiary alicyclic amines) is 1. The summed E-state index contributed by atoms with van der Waals surface area (Å²) in [4.78, 5) is 59.4. The lowest BCUT2D eigenvalue weighted by Gasteiger charge is -2.43. The van der Waals surface area contributed by atoms with Crippen LogP contribution in [0, 0.1) is 11.7 Å². The monoisotopic (exact) mass is 651 g/mol. The van der Waals surface area contributed by atoms with Crippen molar-refractivity contribution in [3.8, 4) is 0 Å². The van der Waals surface area contributed by atoms with E-state index in [1.54, 1.807) is 11.0 Å². The standard InChI is InChI=1S/C30H39ClFN5O8/c31-19-2-1-16(9-20(19)32)13-36-14-18-10-21(36)30(43)35-5-6-37(29(42)17-3-7-44-8-4-17)22(15-35)28(41)33-12-24-27(40)26(39)23(45-24)11-25(38)34-18/h1-2,9,17-18,21-24,26-27,39-40H,3-8,10-15H2,(H,33,41)(H,34,38)/t18-,21-,22-,23-,24+,26-,27+/m0/s1. The quantitative estimate of drug-likeness (QED) is 0.322. The lowest BCUT2D eigenvalue weighted by Crippen LogP contribution is -2.64. The van der Waals surface area contributed by atoms with Gasteiger partial charge in [0, 0.05) is 57.9 Å². The average Bonchev–Trinajstić information content (AvgIpc) is 3.55. The molecule has 13 nitrogen and oxygen atoms in total. The van der Waals surface area contributed by atoms with Crippen LogP contribution in [0.5, 0.6) is 0 Å². The Morgan fingerprint density at radius 1 is 1.04 bits per heavy atom. The lowest BCUT2D eigenvalue weighted by atomic mass is 9.96. The molecule has 45 heavy (non-hydrogen) atoms. The third-order valence-corrected chi connectivity index (χ3v) is 9.90. The fourth-order valence-corrected chi connectivity index (χ4v) is 7.24. The molecule has 6 bridgehead atoms. The number of aliphatic hydroxyl groups is 2. The molecule has 0 spiro atoms. The molecule has 0 aliphatic carbocycles. The first-order valence-electron chi connectivity index (χ1n) is 15.5. The molecular weight excluding hydrogens is 613 g/mol. The molecule has 6 rings (SSSR count). The minimum absolute atomic E-state index is 0.0172. The Bertz CT molecular complexity index is 1320. The van der Waals surface area contributed by atoms with Gasteiger partial charge in [0.05, 0.1) is 30.1 Å². The van der Waals surface area contributed by atoms with Crippen molar-refractivity contribution in [1.82, 2.24) is 25.3 Å². The number of piperazine rings is 1. The van der Waals surface area contributed by atoms with Crippen LogP contribution in [0.25, 0.3) is 0 Å². The highest BCUT2D eigenvalue weighted by molar-refractivity contribution is 6.30. The maximum Gasteiger partial charge on any atom is 0.244 e. The van der Waals surface area contributed by atoms with E-state index in [1.807, 2.05) is 4.90 Å². The zero-order valence-electron chi connectivity index (χ0n) is 24.8. The first-order chi connectivity index (χ1) is 21.6. The minimum Gasteiger partial charge on any atom is -0.388 e. The van der Waals surface area contributed by atoms with Crippen molar-refractivity contribution in [2.45, 2.75) is 74.8 Å². The highest BCUT2D eigenvalue weighted by atomic mass is 35.5. The van der Waals surface area contributed by atoms with Crippen molar-refractivity contribution in [2.75, 3.05) is 45.9 Å². The first kappa shape index (κ1) is 32.1. The maximum atomic E-state index is 14.3. The van der Waals surface area contributed by atoms with Crippen molar-refractivity contribution in [3.05, 3.63) is 34.6 Å². The minimum atomic E-state index is -1.35. The third kappa shape index (κ3) is 6.81. The van der Waals surface area contributed by atoms with E-state index < -0.39 is 60.2 Å². The van der Waals surface area contributed by atoms with E-state index in [0.717, 1.165) is 0 Å². The van der Waals surface area contributed by atoms with Crippen LogP contribution in [0.2, 0.25) is 5.02 Å². The van der Waals surface area contributed by atoms with Gasteiger partial charge in [-0.15, -0.1) is 0 Å². The Kier molecular flexibility index (Phi) is 9.60. The lowest BCUT2D eigenvalue weighted by molar-refractivity contribution is -0.154. The Hall–Kier alpha value is -2.88. The van der Waals surface area contributed by atoms with Crippen LogP contribution >= 0.6 is 11.6 Å². The van der Waals surface area contributed by atoms with E-state index >= 15 is 0 Å². The Labute approximate surface area is 264 Å². The molecule has 5 aliphatic heterocycles. The summed E-state index contributed by atoms with van der Waals surface area (Å²) in [6.45, 7) is 1.58. The van der Waals surface area contributed by atoms with Gasteiger partial charge in [-0.25, -0.2) is 4.39 Å². The molecule has 7 atom stereocenters. The topological polar surface area (TPSA) is 161 Å². The Morgan fingerprint density at radius 2 is 1.80 bits per heavy atom. The van der Waals surface area contributed by atoms with E-state index in [-0.39, 0.29) is 74.9 Å². The molecule has 5 heterocycles.